The van der Waals surface area contributed by atoms with Crippen molar-refractivity contribution >= 4 is 53.5 Å². The van der Waals surface area contributed by atoms with Crippen LogP contribution in [0.2, 0.25) is 0 Å². The molecule has 0 aliphatic heterocycles. The molecule has 0 rings (SSSR count). The molecule has 0 aromatic heterocycles. The molecule has 0 heterocycles. The number of aliphatic carboxylic acids is 5. The predicted octanol–water partition coefficient (Wildman–Crippen LogP) is 0.739. The minimum Gasteiger partial charge on any atom is -0.481 e. The molecule has 53 heavy (non-hydrogen) atoms. The van der Waals surface area contributed by atoms with Gasteiger partial charge >= 0.3 is 29.8 Å². The van der Waals surface area contributed by atoms with E-state index < -0.39 is 110 Å². The first-order valence-electron chi connectivity index (χ1n) is 17.7. The van der Waals surface area contributed by atoms with Gasteiger partial charge in [0.25, 0.3) is 0 Å². The van der Waals surface area contributed by atoms with Crippen LogP contribution in [0, 0.1) is 0 Å². The molecule has 0 aromatic carbocycles. The number of rotatable bonds is 33. The maximum atomic E-state index is 12.4. The van der Waals surface area contributed by atoms with Crippen LogP contribution in [0.5, 0.6) is 0 Å². The standard InChI is InChI=1S/C33H55N5O15/c39-25(11-9-7-5-3-1-2-4-6-8-10-12-29(43)44)35-21(30(45)46)13-16-26(40)36-22(31(47)48)14-17-27(41)37-23(32(49)50)15-18-28(42)38-24(33(51)52)19-20-34-53/h21-24,34,53H,1-20H2,(H,35,39)(H,36,40)(H,37,41)(H,38,42)(H,43,44)(H,45,46)(H,47,48)(H,49,50)(H,51,52)/t21-,22-,23-,24-/m0/s1. The smallest absolute Gasteiger partial charge is 0.326 e. The second-order valence-corrected chi connectivity index (χ2v) is 12.6. The molecule has 20 nitrogen and oxygen atoms in total. The molecule has 0 saturated heterocycles. The molecule has 4 atom stereocenters. The molecule has 0 saturated carbocycles. The van der Waals surface area contributed by atoms with Gasteiger partial charge in [-0.2, -0.15) is 0 Å². The van der Waals surface area contributed by atoms with Crippen molar-refractivity contribution in [3.05, 3.63) is 0 Å². The number of hydroxylamine groups is 1. The van der Waals surface area contributed by atoms with Crippen LogP contribution in [-0.4, -0.2) is 115 Å². The summed E-state index contributed by atoms with van der Waals surface area (Å²) in [5.74, 6) is -9.68. The zero-order chi connectivity index (χ0) is 40.2. The van der Waals surface area contributed by atoms with Gasteiger partial charge in [0.05, 0.1) is 0 Å². The van der Waals surface area contributed by atoms with Crippen LogP contribution in [0.4, 0.5) is 0 Å². The number of nitrogens with one attached hydrogen (secondary N) is 5. The molecule has 0 fully saturated rings. The van der Waals surface area contributed by atoms with Crippen molar-refractivity contribution in [1.29, 1.82) is 0 Å². The van der Waals surface area contributed by atoms with E-state index in [2.05, 4.69) is 21.3 Å². The molecular formula is C33H55N5O15. The van der Waals surface area contributed by atoms with Crippen LogP contribution < -0.4 is 26.7 Å². The van der Waals surface area contributed by atoms with Crippen molar-refractivity contribution in [2.75, 3.05) is 6.54 Å². The van der Waals surface area contributed by atoms with Gasteiger partial charge in [-0.3, -0.25) is 24.0 Å². The summed E-state index contributed by atoms with van der Waals surface area (Å²) in [7, 11) is 0. The topological polar surface area (TPSA) is 335 Å². The third-order valence-corrected chi connectivity index (χ3v) is 8.10. The van der Waals surface area contributed by atoms with E-state index >= 15 is 0 Å². The summed E-state index contributed by atoms with van der Waals surface area (Å²) in [6.07, 6.45) is 6.28. The van der Waals surface area contributed by atoms with Crippen molar-refractivity contribution in [3.8, 4) is 0 Å². The molecule has 0 radical (unpaired) electrons. The molecule has 4 amide bonds. The molecule has 0 aliphatic rings. The fourth-order valence-corrected chi connectivity index (χ4v) is 5.11. The minimum atomic E-state index is -1.59. The number of hydrogen-bond acceptors (Lipinski definition) is 11. The van der Waals surface area contributed by atoms with Crippen molar-refractivity contribution in [2.45, 2.75) is 146 Å². The van der Waals surface area contributed by atoms with Crippen LogP contribution >= 0.6 is 0 Å². The quantitative estimate of drug-likeness (QED) is 0.0324. The van der Waals surface area contributed by atoms with Crippen molar-refractivity contribution in [3.63, 3.8) is 0 Å². The van der Waals surface area contributed by atoms with Gasteiger partial charge in [-0.1, -0.05) is 51.4 Å². The molecule has 0 unspecified atom stereocenters. The van der Waals surface area contributed by atoms with Crippen LogP contribution in [0.3, 0.4) is 0 Å². The summed E-state index contributed by atoms with van der Waals surface area (Å²) in [6, 6.07) is -5.94. The Balaban J connectivity index is 4.58. The van der Waals surface area contributed by atoms with E-state index in [1.54, 1.807) is 5.48 Å². The Kier molecular flexibility index (Phi) is 26.1. The fraction of sp³-hybridized carbons (Fsp3) is 0.727. The van der Waals surface area contributed by atoms with Gasteiger partial charge in [-0.05, 0) is 38.5 Å². The predicted molar refractivity (Wildman–Crippen MR) is 183 cm³/mol. The van der Waals surface area contributed by atoms with E-state index in [-0.39, 0.29) is 32.2 Å². The number of amides is 4. The average Bonchev–Trinajstić information content (AvgIpc) is 3.08. The Morgan fingerprint density at radius 3 is 0.906 bits per heavy atom. The number of hydrogen-bond donors (Lipinski definition) is 11. The van der Waals surface area contributed by atoms with Crippen molar-refractivity contribution in [2.24, 2.45) is 0 Å². The molecule has 0 aromatic rings. The first kappa shape index (κ1) is 48.1. The highest BCUT2D eigenvalue weighted by molar-refractivity contribution is 5.88. The van der Waals surface area contributed by atoms with Gasteiger partial charge in [-0.15, -0.1) is 0 Å². The van der Waals surface area contributed by atoms with Crippen molar-refractivity contribution < 1.29 is 73.9 Å². The fourth-order valence-electron chi connectivity index (χ4n) is 5.11. The molecule has 302 valence electrons. The van der Waals surface area contributed by atoms with Crippen LogP contribution in [0.25, 0.3) is 0 Å². The number of carbonyl (C=O) groups is 9. The van der Waals surface area contributed by atoms with E-state index in [0.29, 0.717) is 12.8 Å². The molecule has 0 bridgehead atoms. The summed E-state index contributed by atoms with van der Waals surface area (Å²) in [5.41, 5.74) is 1.75. The highest BCUT2D eigenvalue weighted by Gasteiger charge is 2.27. The molecule has 0 spiro atoms. The number of carboxylic acids is 5. The third kappa shape index (κ3) is 25.7. The van der Waals surface area contributed by atoms with E-state index in [4.69, 9.17) is 15.4 Å². The molecular weight excluding hydrogens is 706 g/mol. The number of carbonyl (C=O) groups excluding carboxylic acids is 4. The van der Waals surface area contributed by atoms with Gasteiger partial charge in [0, 0.05) is 38.6 Å². The summed E-state index contributed by atoms with van der Waals surface area (Å²) >= 11 is 0. The van der Waals surface area contributed by atoms with Gasteiger partial charge in [0.1, 0.15) is 24.2 Å². The van der Waals surface area contributed by atoms with Gasteiger partial charge < -0.3 is 52.0 Å². The minimum absolute atomic E-state index is 0.0904. The number of unbranched alkanes of at least 4 members (excludes halogenated alkanes) is 9. The van der Waals surface area contributed by atoms with E-state index in [0.717, 1.165) is 51.4 Å². The van der Waals surface area contributed by atoms with Gasteiger partial charge in [0.15, 0.2) is 0 Å². The lowest BCUT2D eigenvalue weighted by atomic mass is 10.0. The Morgan fingerprint density at radius 1 is 0.358 bits per heavy atom. The number of carboxylic acid groups (broad SMARTS) is 5. The third-order valence-electron chi connectivity index (χ3n) is 8.10. The average molecular weight is 762 g/mol. The lowest BCUT2D eigenvalue weighted by Crippen LogP contribution is -2.46. The Hall–Kier alpha value is -4.85. The largest absolute Gasteiger partial charge is 0.481 e. The zero-order valence-corrected chi connectivity index (χ0v) is 29.8. The molecule has 20 heteroatoms. The lowest BCUT2D eigenvalue weighted by Gasteiger charge is -2.18. The second kappa shape index (κ2) is 28.7. The Morgan fingerprint density at radius 2 is 0.623 bits per heavy atom. The summed E-state index contributed by atoms with van der Waals surface area (Å²) in [4.78, 5) is 106. The second-order valence-electron chi connectivity index (χ2n) is 12.6. The summed E-state index contributed by atoms with van der Waals surface area (Å²) in [6.45, 7) is -0.144. The Labute approximate surface area is 306 Å². The van der Waals surface area contributed by atoms with E-state index in [1.807, 2.05) is 0 Å². The molecule has 0 aliphatic carbocycles. The molecule has 11 N–H and O–H groups in total. The maximum absolute atomic E-state index is 12.4. The van der Waals surface area contributed by atoms with Crippen molar-refractivity contribution in [1.82, 2.24) is 26.7 Å². The first-order valence-corrected chi connectivity index (χ1v) is 17.7. The van der Waals surface area contributed by atoms with Crippen LogP contribution in [-0.2, 0) is 43.2 Å². The summed E-state index contributed by atoms with van der Waals surface area (Å²) in [5, 5.41) is 63.6. The van der Waals surface area contributed by atoms with E-state index in [9.17, 15) is 58.5 Å². The van der Waals surface area contributed by atoms with Gasteiger partial charge in [-0.25, -0.2) is 24.7 Å². The lowest BCUT2D eigenvalue weighted by molar-refractivity contribution is -0.144. The Bertz CT molecular complexity index is 1220. The van der Waals surface area contributed by atoms with Crippen LogP contribution in [0.1, 0.15) is 122 Å². The highest BCUT2D eigenvalue weighted by Crippen LogP contribution is 2.12. The normalized spacial score (nSPS) is 13.1. The summed E-state index contributed by atoms with van der Waals surface area (Å²) < 4.78 is 0. The SMILES string of the molecule is O=C(O)CCCCCCCCCCCCC(=O)N[C@@H](CCC(=O)N[C@@H](CCC(=O)N[C@@H](CCC(=O)N[C@@H](CCNO)C(=O)O)C(=O)O)C(=O)O)C(=O)O. The van der Waals surface area contributed by atoms with E-state index in [1.165, 1.54) is 0 Å². The first-order chi connectivity index (χ1) is 25.1. The maximum Gasteiger partial charge on any atom is 0.326 e. The zero-order valence-electron chi connectivity index (χ0n) is 29.8. The highest BCUT2D eigenvalue weighted by atomic mass is 16.5. The van der Waals surface area contributed by atoms with Gasteiger partial charge in [0.2, 0.25) is 23.6 Å². The van der Waals surface area contributed by atoms with Crippen LogP contribution in [0.15, 0.2) is 0 Å². The monoisotopic (exact) mass is 761 g/mol.